The van der Waals surface area contributed by atoms with Gasteiger partial charge in [-0.1, -0.05) is 0 Å². The molecule has 0 bridgehead atoms. The summed E-state index contributed by atoms with van der Waals surface area (Å²) in [6.07, 6.45) is 1.27. The van der Waals surface area contributed by atoms with E-state index in [1.807, 2.05) is 0 Å². The zero-order chi connectivity index (χ0) is 24.1. The van der Waals surface area contributed by atoms with E-state index in [-0.39, 0.29) is 22.9 Å². The molecule has 34 heavy (non-hydrogen) atoms. The number of nitrogens with two attached hydrogens (primary N) is 1. The Morgan fingerprint density at radius 2 is 2.18 bits per heavy atom. The number of benzene rings is 1. The highest BCUT2D eigenvalue weighted by atomic mass is 79.9. The molecule has 12 nitrogen and oxygen atoms in total. The first-order chi connectivity index (χ1) is 16.2. The molecule has 14 heteroatoms. The Balaban J connectivity index is 1.51. The van der Waals surface area contributed by atoms with Crippen molar-refractivity contribution in [2.75, 3.05) is 17.7 Å². The van der Waals surface area contributed by atoms with Crippen molar-refractivity contribution in [3.63, 3.8) is 0 Å². The number of aliphatic hydroxyl groups excluding tert-OH is 1. The average Bonchev–Trinajstić information content (AvgIpc) is 3.46. The summed E-state index contributed by atoms with van der Waals surface area (Å²) >= 11 is 3.23. The molecule has 178 valence electrons. The number of esters is 1. The second-order valence-corrected chi connectivity index (χ2v) is 10.1. The highest BCUT2D eigenvalue weighted by Crippen LogP contribution is 2.36. The van der Waals surface area contributed by atoms with Crippen LogP contribution in [0.15, 0.2) is 35.5 Å². The number of hydrogen-bond acceptors (Lipinski definition) is 10. The van der Waals surface area contributed by atoms with Crippen molar-refractivity contribution >= 4 is 60.6 Å². The number of H-pyrrole nitrogens is 1. The molecule has 1 aromatic carbocycles. The summed E-state index contributed by atoms with van der Waals surface area (Å²) in [6.45, 7) is 0. The topological polar surface area (TPSA) is 178 Å². The van der Waals surface area contributed by atoms with Gasteiger partial charge in [0.1, 0.15) is 29.8 Å². The van der Waals surface area contributed by atoms with Gasteiger partial charge in [0.05, 0.1) is 22.1 Å². The van der Waals surface area contributed by atoms with Crippen LogP contribution >= 0.6 is 15.9 Å². The van der Waals surface area contributed by atoms with Gasteiger partial charge in [-0.2, -0.15) is 0 Å². The van der Waals surface area contributed by atoms with Crippen LogP contribution in [0.4, 0.5) is 5.82 Å². The first kappa shape index (κ1) is 22.7. The number of phenols is 1. The normalized spacial score (nSPS) is 23.5. The lowest BCUT2D eigenvalue weighted by Gasteiger charge is -2.21. The van der Waals surface area contributed by atoms with Crippen LogP contribution in [-0.4, -0.2) is 75.2 Å². The van der Waals surface area contributed by atoms with E-state index in [1.54, 1.807) is 6.07 Å². The Kier molecular flexibility index (Phi) is 5.75. The van der Waals surface area contributed by atoms with E-state index in [0.717, 1.165) is 0 Å². The molecule has 3 aromatic heterocycles. The minimum absolute atomic E-state index is 0.0322. The summed E-state index contributed by atoms with van der Waals surface area (Å²) in [4.78, 5) is 28.4. The second-order valence-electron chi connectivity index (χ2n) is 7.80. The maximum atomic E-state index is 13.1. The van der Waals surface area contributed by atoms with Crippen LogP contribution in [0, 0.1) is 0 Å². The molecule has 0 radical (unpaired) electrons. The minimum Gasteiger partial charge on any atom is -0.507 e. The Morgan fingerprint density at radius 1 is 1.38 bits per heavy atom. The van der Waals surface area contributed by atoms with Crippen LogP contribution in [0.5, 0.6) is 5.75 Å². The number of nitrogens with one attached hydrogen (secondary N) is 1. The number of carbonyl (C=O) groups is 1. The molecule has 4 aromatic rings. The lowest BCUT2D eigenvalue weighted by Crippen LogP contribution is -2.37. The fourth-order valence-corrected chi connectivity index (χ4v) is 5.06. The molecule has 1 aliphatic heterocycles. The smallest absolute Gasteiger partial charge is 0.340 e. The number of anilines is 1. The molecule has 0 spiro atoms. The van der Waals surface area contributed by atoms with Crippen molar-refractivity contribution in [1.82, 2.24) is 24.5 Å². The molecule has 1 fully saturated rings. The maximum absolute atomic E-state index is 13.1. The quantitative estimate of drug-likeness (QED) is 0.264. The molecule has 4 heterocycles. The number of ether oxygens (including phenoxy) is 2. The molecule has 5 rings (SSSR count). The molecular weight excluding hydrogens is 532 g/mol. The highest BCUT2D eigenvalue weighted by molar-refractivity contribution is 9.10. The van der Waals surface area contributed by atoms with Crippen LogP contribution in [0.3, 0.4) is 0 Å². The number of nitrogen functional groups attached to an aromatic ring is 1. The van der Waals surface area contributed by atoms with E-state index in [9.17, 15) is 19.2 Å². The fraction of sp³-hybridized carbons (Fsp3) is 0.300. The predicted molar refractivity (Wildman–Crippen MR) is 125 cm³/mol. The SMILES string of the molecule is C[S@](=O)C[C@H]1O[C@@H](n2cnc3c(N)ncnc32)[C@H](OC(=O)c2c[nH]c3cc(Br)c(O)cc23)[C@@H]1O. The number of halogens is 1. The third-order valence-electron chi connectivity index (χ3n) is 5.59. The van der Waals surface area contributed by atoms with Crippen molar-refractivity contribution in [3.05, 3.63) is 41.0 Å². The number of aromatic nitrogens is 5. The number of carbonyl (C=O) groups excluding carboxylic acids is 1. The van der Waals surface area contributed by atoms with E-state index < -0.39 is 41.3 Å². The zero-order valence-corrected chi connectivity index (χ0v) is 20.0. The van der Waals surface area contributed by atoms with Gasteiger partial charge in [0.25, 0.3) is 0 Å². The molecule has 5 atom stereocenters. The monoisotopic (exact) mass is 550 g/mol. The summed E-state index contributed by atoms with van der Waals surface area (Å²) in [5.41, 5.74) is 7.28. The number of phenolic OH excluding ortho intramolecular Hbond substituents is 1. The summed E-state index contributed by atoms with van der Waals surface area (Å²) in [5.74, 6) is -0.602. The summed E-state index contributed by atoms with van der Waals surface area (Å²) in [6, 6.07) is 3.06. The number of aliphatic hydroxyl groups is 1. The minimum atomic E-state index is -1.28. The van der Waals surface area contributed by atoms with E-state index in [4.69, 9.17) is 15.2 Å². The lowest BCUT2D eigenvalue weighted by molar-refractivity contribution is -0.0450. The molecular formula is C20H19BrN6O6S. The van der Waals surface area contributed by atoms with Gasteiger partial charge < -0.3 is 30.4 Å². The lowest BCUT2D eigenvalue weighted by atomic mass is 10.1. The Morgan fingerprint density at radius 3 is 2.94 bits per heavy atom. The molecule has 0 aliphatic carbocycles. The predicted octanol–water partition coefficient (Wildman–Crippen LogP) is 1.22. The molecule has 0 saturated carbocycles. The number of fused-ring (bicyclic) bond motifs is 2. The molecule has 0 amide bonds. The van der Waals surface area contributed by atoms with Crippen LogP contribution in [-0.2, 0) is 20.3 Å². The highest BCUT2D eigenvalue weighted by Gasteiger charge is 2.48. The number of aromatic hydroxyl groups is 1. The largest absolute Gasteiger partial charge is 0.507 e. The average molecular weight is 551 g/mol. The molecule has 1 aliphatic rings. The van der Waals surface area contributed by atoms with Gasteiger partial charge in [-0.15, -0.1) is 0 Å². The molecule has 5 N–H and O–H groups in total. The number of nitrogens with zero attached hydrogens (tertiary/aromatic N) is 4. The van der Waals surface area contributed by atoms with Gasteiger partial charge in [0, 0.05) is 34.2 Å². The van der Waals surface area contributed by atoms with Crippen LogP contribution in [0.1, 0.15) is 16.6 Å². The third kappa shape index (κ3) is 3.81. The Labute approximate surface area is 202 Å². The van der Waals surface area contributed by atoms with Crippen molar-refractivity contribution < 1.29 is 28.7 Å². The standard InChI is InChI=1S/C20H19BrN6O6S/c1-34(31)5-13-15(29)16(19(32-13)27-7-26-14-17(22)24-6-25-18(14)27)33-20(30)9-4-23-11-3-10(21)12(28)2-8(9)11/h2-4,6-7,13,15-16,19,23,28-29H,5H2,1H3,(H2,22,24,25)/t13-,15-,16-,19-,34+/m1/s1. The van der Waals surface area contributed by atoms with Gasteiger partial charge in [-0.05, 0) is 28.1 Å². The van der Waals surface area contributed by atoms with Crippen LogP contribution in [0.25, 0.3) is 22.1 Å². The van der Waals surface area contributed by atoms with Crippen molar-refractivity contribution in [2.45, 2.75) is 24.5 Å². The number of rotatable bonds is 5. The number of imidazole rings is 1. The van der Waals surface area contributed by atoms with Crippen LogP contribution in [0.2, 0.25) is 0 Å². The van der Waals surface area contributed by atoms with Crippen molar-refractivity contribution in [1.29, 1.82) is 0 Å². The summed E-state index contributed by atoms with van der Waals surface area (Å²) in [5, 5.41) is 21.4. The number of aromatic amines is 1. The number of hydrogen-bond donors (Lipinski definition) is 4. The zero-order valence-electron chi connectivity index (χ0n) is 17.6. The Hall–Kier alpha value is -3.07. The third-order valence-corrected chi connectivity index (χ3v) is 7.02. The van der Waals surface area contributed by atoms with Crippen molar-refractivity contribution in [2.24, 2.45) is 0 Å². The molecule has 0 unspecified atom stereocenters. The van der Waals surface area contributed by atoms with E-state index in [0.29, 0.717) is 26.5 Å². The first-order valence-electron chi connectivity index (χ1n) is 10.0. The fourth-order valence-electron chi connectivity index (χ4n) is 3.98. The van der Waals surface area contributed by atoms with Crippen molar-refractivity contribution in [3.8, 4) is 5.75 Å². The van der Waals surface area contributed by atoms with Crippen LogP contribution < -0.4 is 5.73 Å². The molecule has 1 saturated heterocycles. The second kappa shape index (κ2) is 8.61. The first-order valence-corrected chi connectivity index (χ1v) is 12.5. The summed E-state index contributed by atoms with van der Waals surface area (Å²) in [7, 11) is -1.28. The van der Waals surface area contributed by atoms with Gasteiger partial charge in [0.2, 0.25) is 0 Å². The van der Waals surface area contributed by atoms with E-state index in [1.165, 1.54) is 35.7 Å². The van der Waals surface area contributed by atoms with E-state index >= 15 is 0 Å². The van der Waals surface area contributed by atoms with Gasteiger partial charge >= 0.3 is 5.97 Å². The Bertz CT molecular complexity index is 1440. The van der Waals surface area contributed by atoms with Gasteiger partial charge in [0.15, 0.2) is 23.8 Å². The van der Waals surface area contributed by atoms with Gasteiger partial charge in [-0.3, -0.25) is 8.78 Å². The van der Waals surface area contributed by atoms with E-state index in [2.05, 4.69) is 35.9 Å². The summed E-state index contributed by atoms with van der Waals surface area (Å²) < 4.78 is 25.5. The maximum Gasteiger partial charge on any atom is 0.340 e. The van der Waals surface area contributed by atoms with Gasteiger partial charge in [-0.25, -0.2) is 19.7 Å².